The third-order valence-corrected chi connectivity index (χ3v) is 4.31. The van der Waals surface area contributed by atoms with E-state index in [4.69, 9.17) is 26.1 Å². The quantitative estimate of drug-likeness (QED) is 0.637. The average molecular weight is 359 g/mol. The Morgan fingerprint density at radius 2 is 1.84 bits per heavy atom. The van der Waals surface area contributed by atoms with Gasteiger partial charge in [0.05, 0.1) is 28.8 Å². The Morgan fingerprint density at radius 3 is 2.52 bits per heavy atom. The van der Waals surface area contributed by atoms with E-state index in [1.165, 1.54) is 11.1 Å². The molecule has 0 fully saturated rings. The molecule has 0 unspecified atom stereocenters. The van der Waals surface area contributed by atoms with Crippen LogP contribution < -0.4 is 9.47 Å². The first-order valence-electron chi connectivity index (χ1n) is 8.49. The number of ether oxygens (including phenoxy) is 2. The molecule has 0 aliphatic heterocycles. The summed E-state index contributed by atoms with van der Waals surface area (Å²) in [6.45, 7) is 10.6. The molecule has 1 heterocycles. The molecule has 0 radical (unpaired) electrons. The van der Waals surface area contributed by atoms with Gasteiger partial charge in [0.2, 0.25) is 0 Å². The average Bonchev–Trinajstić information content (AvgIpc) is 2.93. The fourth-order valence-corrected chi connectivity index (χ4v) is 2.98. The van der Waals surface area contributed by atoms with Gasteiger partial charge in [-0.15, -0.1) is 0 Å². The van der Waals surface area contributed by atoms with E-state index in [0.29, 0.717) is 23.1 Å². The van der Waals surface area contributed by atoms with Crippen LogP contribution in [0, 0.1) is 13.8 Å². The van der Waals surface area contributed by atoms with E-state index in [9.17, 15) is 0 Å². The van der Waals surface area contributed by atoms with Gasteiger partial charge in [0.1, 0.15) is 5.82 Å². The molecule has 0 spiro atoms. The number of H-pyrrole nitrogens is 1. The number of benzene rings is 2. The zero-order valence-corrected chi connectivity index (χ0v) is 16.0. The molecule has 3 aromatic rings. The Balaban J connectivity index is 2.10. The van der Waals surface area contributed by atoms with E-state index in [1.54, 1.807) is 0 Å². The minimum Gasteiger partial charge on any atom is -0.490 e. The first-order chi connectivity index (χ1) is 11.9. The van der Waals surface area contributed by atoms with Crippen LogP contribution in [0.3, 0.4) is 0 Å². The smallest absolute Gasteiger partial charge is 0.180 e. The van der Waals surface area contributed by atoms with Gasteiger partial charge in [0, 0.05) is 5.56 Å². The molecule has 0 saturated carbocycles. The van der Waals surface area contributed by atoms with Crippen molar-refractivity contribution in [2.45, 2.75) is 40.7 Å². The summed E-state index contributed by atoms with van der Waals surface area (Å²) in [6.07, 6.45) is 0.0136. The Morgan fingerprint density at radius 1 is 1.12 bits per heavy atom. The first kappa shape index (κ1) is 17.6. The summed E-state index contributed by atoms with van der Waals surface area (Å²) in [5, 5.41) is 0.516. The second kappa shape index (κ2) is 6.96. The van der Waals surface area contributed by atoms with E-state index in [0.717, 1.165) is 22.4 Å². The maximum Gasteiger partial charge on any atom is 0.180 e. The van der Waals surface area contributed by atoms with Crippen LogP contribution in [-0.2, 0) is 0 Å². The van der Waals surface area contributed by atoms with E-state index >= 15 is 0 Å². The molecule has 0 saturated heterocycles. The van der Waals surface area contributed by atoms with E-state index in [1.807, 2.05) is 32.9 Å². The second-order valence-corrected chi connectivity index (χ2v) is 6.83. The van der Waals surface area contributed by atoms with Gasteiger partial charge in [-0.05, 0) is 70.0 Å². The van der Waals surface area contributed by atoms with Crippen molar-refractivity contribution in [2.24, 2.45) is 0 Å². The standard InChI is InChI=1S/C20H23ClN2O2/c1-6-24-18-10-14(9-15(21)19(18)25-11(2)3)20-22-16-7-12(4)13(5)8-17(16)23-20/h7-11H,6H2,1-5H3,(H,22,23). The molecule has 2 aromatic carbocycles. The van der Waals surface area contributed by atoms with Crippen molar-refractivity contribution in [2.75, 3.05) is 6.61 Å². The molecule has 0 aliphatic rings. The predicted octanol–water partition coefficient (Wildman–Crippen LogP) is 5.69. The summed E-state index contributed by atoms with van der Waals surface area (Å²) in [6, 6.07) is 7.98. The zero-order chi connectivity index (χ0) is 18.1. The van der Waals surface area contributed by atoms with Gasteiger partial charge < -0.3 is 14.5 Å². The molecule has 4 nitrogen and oxygen atoms in total. The molecule has 3 rings (SSSR count). The van der Waals surface area contributed by atoms with Crippen molar-refractivity contribution in [1.82, 2.24) is 9.97 Å². The lowest BCUT2D eigenvalue weighted by Gasteiger charge is -2.16. The number of nitrogens with zero attached hydrogens (tertiary/aromatic N) is 1. The summed E-state index contributed by atoms with van der Waals surface area (Å²) in [7, 11) is 0. The molecule has 0 amide bonds. The minimum atomic E-state index is 0.0136. The maximum absolute atomic E-state index is 6.47. The number of aromatic nitrogens is 2. The van der Waals surface area contributed by atoms with Crippen LogP contribution in [0.2, 0.25) is 5.02 Å². The number of hydrogen-bond donors (Lipinski definition) is 1. The van der Waals surface area contributed by atoms with Crippen molar-refractivity contribution in [1.29, 1.82) is 0 Å². The van der Waals surface area contributed by atoms with Crippen LogP contribution in [-0.4, -0.2) is 22.7 Å². The highest BCUT2D eigenvalue weighted by Gasteiger charge is 2.16. The molecular formula is C20H23ClN2O2. The maximum atomic E-state index is 6.47. The zero-order valence-electron chi connectivity index (χ0n) is 15.2. The lowest BCUT2D eigenvalue weighted by molar-refractivity contribution is 0.224. The second-order valence-electron chi connectivity index (χ2n) is 6.42. The van der Waals surface area contributed by atoms with Crippen LogP contribution in [0.4, 0.5) is 0 Å². The van der Waals surface area contributed by atoms with Crippen molar-refractivity contribution in [3.8, 4) is 22.9 Å². The lowest BCUT2D eigenvalue weighted by Crippen LogP contribution is -2.08. The Bertz CT molecular complexity index is 877. The largest absolute Gasteiger partial charge is 0.490 e. The monoisotopic (exact) mass is 358 g/mol. The van der Waals surface area contributed by atoms with E-state index < -0.39 is 0 Å². The number of aromatic amines is 1. The number of halogens is 1. The summed E-state index contributed by atoms with van der Waals surface area (Å²) in [5.41, 5.74) is 5.27. The molecule has 1 N–H and O–H groups in total. The van der Waals surface area contributed by atoms with Crippen molar-refractivity contribution in [3.63, 3.8) is 0 Å². The molecule has 0 bridgehead atoms. The molecule has 25 heavy (non-hydrogen) atoms. The summed E-state index contributed by atoms with van der Waals surface area (Å²) >= 11 is 6.47. The SMILES string of the molecule is CCOc1cc(-c2nc3cc(C)c(C)cc3[nH]2)cc(Cl)c1OC(C)C. The number of rotatable bonds is 5. The number of fused-ring (bicyclic) bond motifs is 1. The third kappa shape index (κ3) is 3.59. The molecular weight excluding hydrogens is 336 g/mol. The fourth-order valence-electron chi connectivity index (χ4n) is 2.72. The van der Waals surface area contributed by atoms with Crippen molar-refractivity contribution in [3.05, 3.63) is 40.4 Å². The van der Waals surface area contributed by atoms with E-state index in [-0.39, 0.29) is 6.10 Å². The molecule has 1 aromatic heterocycles. The Labute approximate surface area is 153 Å². The molecule has 132 valence electrons. The highest BCUT2D eigenvalue weighted by atomic mass is 35.5. The highest BCUT2D eigenvalue weighted by molar-refractivity contribution is 6.32. The third-order valence-electron chi connectivity index (χ3n) is 4.03. The summed E-state index contributed by atoms with van der Waals surface area (Å²) in [4.78, 5) is 8.08. The van der Waals surface area contributed by atoms with Gasteiger partial charge in [-0.1, -0.05) is 11.6 Å². The first-order valence-corrected chi connectivity index (χ1v) is 8.87. The van der Waals surface area contributed by atoms with Gasteiger partial charge in [-0.2, -0.15) is 0 Å². The van der Waals surface area contributed by atoms with Crippen LogP contribution in [0.15, 0.2) is 24.3 Å². The van der Waals surface area contributed by atoms with Crippen LogP contribution in [0.25, 0.3) is 22.4 Å². The topological polar surface area (TPSA) is 47.1 Å². The van der Waals surface area contributed by atoms with Crippen LogP contribution in [0.1, 0.15) is 31.9 Å². The van der Waals surface area contributed by atoms with Gasteiger partial charge >= 0.3 is 0 Å². The molecule has 5 heteroatoms. The Hall–Kier alpha value is -2.20. The normalized spacial score (nSPS) is 11.3. The number of hydrogen-bond acceptors (Lipinski definition) is 3. The van der Waals surface area contributed by atoms with Crippen molar-refractivity contribution >= 4 is 22.6 Å². The van der Waals surface area contributed by atoms with Crippen molar-refractivity contribution < 1.29 is 9.47 Å². The molecule has 0 atom stereocenters. The predicted molar refractivity (Wildman–Crippen MR) is 103 cm³/mol. The van der Waals surface area contributed by atoms with Gasteiger partial charge in [-0.3, -0.25) is 0 Å². The number of imidazole rings is 1. The Kier molecular flexibility index (Phi) is 4.91. The van der Waals surface area contributed by atoms with Gasteiger partial charge in [0.15, 0.2) is 11.5 Å². The number of nitrogens with one attached hydrogen (secondary N) is 1. The summed E-state index contributed by atoms with van der Waals surface area (Å²) in [5.74, 6) is 1.97. The van der Waals surface area contributed by atoms with Gasteiger partial charge in [-0.25, -0.2) is 4.98 Å². The fraction of sp³-hybridized carbons (Fsp3) is 0.350. The van der Waals surface area contributed by atoms with Crippen LogP contribution in [0.5, 0.6) is 11.5 Å². The molecule has 0 aliphatic carbocycles. The lowest BCUT2D eigenvalue weighted by atomic mass is 10.1. The number of aryl methyl sites for hydroxylation is 2. The minimum absolute atomic E-state index is 0.0136. The van der Waals surface area contributed by atoms with Crippen LogP contribution >= 0.6 is 11.6 Å². The highest BCUT2D eigenvalue weighted by Crippen LogP contribution is 2.40. The van der Waals surface area contributed by atoms with Gasteiger partial charge in [0.25, 0.3) is 0 Å². The van der Waals surface area contributed by atoms with E-state index in [2.05, 4.69) is 31.0 Å². The summed E-state index contributed by atoms with van der Waals surface area (Å²) < 4.78 is 11.6.